The van der Waals surface area contributed by atoms with Crippen LogP contribution in [-0.2, 0) is 25.5 Å². The van der Waals surface area contributed by atoms with Crippen molar-refractivity contribution in [2.75, 3.05) is 14.2 Å². The van der Waals surface area contributed by atoms with Crippen LogP contribution in [-0.4, -0.2) is 32.3 Å². The topological polar surface area (TPSA) is 69.2 Å². The molecule has 32 heavy (non-hydrogen) atoms. The molecule has 0 bridgehead atoms. The van der Waals surface area contributed by atoms with Crippen LogP contribution in [0.5, 0.6) is 0 Å². The molecule has 1 unspecified atom stereocenters. The lowest BCUT2D eigenvalue weighted by Gasteiger charge is -2.11. The smallest absolute Gasteiger partial charge is 0.243 e. The Bertz CT molecular complexity index is 722. The van der Waals surface area contributed by atoms with Crippen LogP contribution >= 0.6 is 0 Å². The van der Waals surface area contributed by atoms with Crippen molar-refractivity contribution in [1.29, 1.82) is 0 Å². The summed E-state index contributed by atoms with van der Waals surface area (Å²) in [4.78, 5) is 21.0. The minimum Gasteiger partial charge on any atom is -0.481 e. The average Bonchev–Trinajstić information content (AvgIpc) is 2.83. The normalized spacial score (nSPS) is 12.8. The number of nitrogens with one attached hydrogen (secondary N) is 1. The Morgan fingerprint density at radius 3 is 2.34 bits per heavy atom. The van der Waals surface area contributed by atoms with E-state index in [4.69, 9.17) is 14.3 Å². The van der Waals surface area contributed by atoms with E-state index in [-0.39, 0.29) is 5.91 Å². The average molecular weight is 445 g/mol. The molecule has 1 rings (SSSR count). The van der Waals surface area contributed by atoms with Crippen molar-refractivity contribution in [3.05, 3.63) is 72.0 Å². The number of carbonyl (C=O) groups excluding carboxylic acids is 1. The number of nitrogens with zero attached hydrogens (tertiary/aromatic N) is 1. The Morgan fingerprint density at radius 1 is 1.03 bits per heavy atom. The third-order valence-electron chi connectivity index (χ3n) is 4.24. The molecular formula is C26H40N2O4. The molecule has 6 nitrogen and oxygen atoms in total. The number of ether oxygens (including phenoxy) is 2. The van der Waals surface area contributed by atoms with E-state index in [9.17, 15) is 4.79 Å². The first-order chi connectivity index (χ1) is 15.6. The fourth-order valence-corrected chi connectivity index (χ4v) is 2.50. The maximum atomic E-state index is 11.6. The number of rotatable bonds is 13. The van der Waals surface area contributed by atoms with Crippen LogP contribution in [0.25, 0.3) is 0 Å². The summed E-state index contributed by atoms with van der Waals surface area (Å²) in [5.74, 6) is 0.453. The number of methoxy groups -OCH3 is 2. The van der Waals surface area contributed by atoms with Crippen LogP contribution in [0.2, 0.25) is 0 Å². The number of benzene rings is 1. The van der Waals surface area contributed by atoms with Gasteiger partial charge < -0.3 is 9.47 Å². The second-order valence-corrected chi connectivity index (χ2v) is 6.59. The van der Waals surface area contributed by atoms with Crippen LogP contribution < -0.4 is 5.48 Å². The summed E-state index contributed by atoms with van der Waals surface area (Å²) in [5, 5.41) is 0. The molecule has 0 saturated heterocycles. The largest absolute Gasteiger partial charge is 0.481 e. The molecular weight excluding hydrogens is 404 g/mol. The molecule has 1 amide bonds. The van der Waals surface area contributed by atoms with Crippen molar-refractivity contribution in [3.8, 4) is 0 Å². The summed E-state index contributed by atoms with van der Waals surface area (Å²) >= 11 is 0. The van der Waals surface area contributed by atoms with E-state index in [2.05, 4.69) is 22.6 Å². The zero-order valence-corrected chi connectivity index (χ0v) is 20.5. The van der Waals surface area contributed by atoms with Gasteiger partial charge in [-0.25, -0.2) is 15.3 Å². The van der Waals surface area contributed by atoms with Crippen LogP contribution in [0.1, 0.15) is 64.5 Å². The molecule has 1 aromatic carbocycles. The summed E-state index contributed by atoms with van der Waals surface area (Å²) in [5.41, 5.74) is 4.58. The zero-order valence-electron chi connectivity index (χ0n) is 20.5. The van der Waals surface area contributed by atoms with Crippen LogP contribution in [0.3, 0.4) is 0 Å². The number of hydroxylamine groups is 1. The van der Waals surface area contributed by atoms with E-state index < -0.39 is 6.29 Å². The molecule has 1 aromatic rings. The van der Waals surface area contributed by atoms with Crippen molar-refractivity contribution < 1.29 is 19.1 Å². The monoisotopic (exact) mass is 444 g/mol. The first-order valence-electron chi connectivity index (χ1n) is 11.2. The quantitative estimate of drug-likeness (QED) is 0.103. The van der Waals surface area contributed by atoms with E-state index in [1.165, 1.54) is 12.7 Å². The number of allylic oxidation sites excluding steroid dienone is 5. The molecule has 178 valence electrons. The molecule has 6 heteroatoms. The Morgan fingerprint density at radius 2 is 1.72 bits per heavy atom. The number of hydrogen-bond donors (Lipinski definition) is 1. The van der Waals surface area contributed by atoms with Gasteiger partial charge >= 0.3 is 0 Å². The molecule has 0 aliphatic carbocycles. The predicted octanol–water partition coefficient (Wildman–Crippen LogP) is 5.89. The fraction of sp³-hybridized carbons (Fsp3) is 0.462. The fourth-order valence-electron chi connectivity index (χ4n) is 2.50. The summed E-state index contributed by atoms with van der Waals surface area (Å²) in [6.07, 6.45) is 15.1. The van der Waals surface area contributed by atoms with Gasteiger partial charge in [-0.3, -0.25) is 4.79 Å². The first-order valence-corrected chi connectivity index (χ1v) is 11.2. The highest BCUT2D eigenvalue weighted by atomic mass is 16.8. The lowest BCUT2D eigenvalue weighted by atomic mass is 10.0. The Hall–Kier alpha value is -2.70. The molecule has 0 fully saturated rings. The summed E-state index contributed by atoms with van der Waals surface area (Å²) in [7, 11) is 3.14. The van der Waals surface area contributed by atoms with E-state index >= 15 is 0 Å². The van der Waals surface area contributed by atoms with Gasteiger partial charge in [-0.1, -0.05) is 56.7 Å². The molecule has 0 spiro atoms. The highest BCUT2D eigenvalue weighted by molar-refractivity contribution is 5.94. The van der Waals surface area contributed by atoms with E-state index in [0.717, 1.165) is 31.2 Å². The standard InChI is InChI=1S/C24H34N2O4.C2H6/c1-5-6-7-8-12-19-25-24(29-4)22-17-15-21(16-18-22)13-10-9-11-14-23(27)26-30-20(2)28-3;1-2/h5-8,12,15-20H,9-11,13-14H2,1-4H3,(H,26,27);1-2H3/b6-5-,8-7-,19-12+,25-24?;. The molecule has 0 aliphatic heterocycles. The van der Waals surface area contributed by atoms with Crippen LogP contribution in [0, 0.1) is 0 Å². The lowest BCUT2D eigenvalue weighted by Crippen LogP contribution is -2.28. The number of aryl methyl sites for hydroxylation is 1. The SMILES string of the molecule is CC.C\C=C/C=C\C=C\N=C(OC)c1ccc(CCCCCC(=O)NOC(C)OC)cc1. The third kappa shape index (κ3) is 14.3. The zero-order chi connectivity index (χ0) is 24.0. The molecule has 0 heterocycles. The van der Waals surface area contributed by atoms with Crippen molar-refractivity contribution >= 4 is 11.8 Å². The van der Waals surface area contributed by atoms with Gasteiger partial charge in [-0.2, -0.15) is 0 Å². The van der Waals surface area contributed by atoms with Crippen molar-refractivity contribution in [1.82, 2.24) is 5.48 Å². The Balaban J connectivity index is 0.00000466. The number of unbranched alkanes of at least 4 members (excludes halogenated alkanes) is 2. The van der Waals surface area contributed by atoms with Gasteiger partial charge in [0.05, 0.1) is 7.11 Å². The van der Waals surface area contributed by atoms with Gasteiger partial charge in [0.1, 0.15) is 0 Å². The Kier molecular flexibility index (Phi) is 18.5. The summed E-state index contributed by atoms with van der Waals surface area (Å²) in [6.45, 7) is 7.69. The number of aliphatic imine (C=N–C) groups is 1. The lowest BCUT2D eigenvalue weighted by molar-refractivity contribution is -0.171. The minimum atomic E-state index is -0.448. The second kappa shape index (κ2) is 20.2. The van der Waals surface area contributed by atoms with E-state index in [0.29, 0.717) is 12.3 Å². The minimum absolute atomic E-state index is 0.124. The van der Waals surface area contributed by atoms with Gasteiger partial charge in [0.2, 0.25) is 11.8 Å². The predicted molar refractivity (Wildman–Crippen MR) is 132 cm³/mol. The van der Waals surface area contributed by atoms with Crippen LogP contribution in [0.15, 0.2) is 65.8 Å². The third-order valence-corrected chi connectivity index (χ3v) is 4.24. The molecule has 0 saturated carbocycles. The Labute approximate surface area is 194 Å². The second-order valence-electron chi connectivity index (χ2n) is 6.59. The van der Waals surface area contributed by atoms with Gasteiger partial charge in [0, 0.05) is 25.3 Å². The van der Waals surface area contributed by atoms with E-state index in [1.807, 2.05) is 63.3 Å². The molecule has 1 atom stereocenters. The maximum absolute atomic E-state index is 11.6. The number of amides is 1. The molecule has 0 aromatic heterocycles. The van der Waals surface area contributed by atoms with Crippen molar-refractivity contribution in [2.45, 2.75) is 66.1 Å². The number of carbonyl (C=O) groups is 1. The van der Waals surface area contributed by atoms with Crippen LogP contribution in [0.4, 0.5) is 0 Å². The van der Waals surface area contributed by atoms with E-state index in [1.54, 1.807) is 20.2 Å². The highest BCUT2D eigenvalue weighted by Gasteiger charge is 2.05. The maximum Gasteiger partial charge on any atom is 0.243 e. The summed E-state index contributed by atoms with van der Waals surface area (Å²) in [6, 6.07) is 8.21. The molecule has 0 aliphatic rings. The number of hydrogen-bond acceptors (Lipinski definition) is 5. The van der Waals surface area contributed by atoms with Gasteiger partial charge in [0.25, 0.3) is 0 Å². The molecule has 1 N–H and O–H groups in total. The van der Waals surface area contributed by atoms with Crippen molar-refractivity contribution in [2.24, 2.45) is 4.99 Å². The van der Waals surface area contributed by atoms with Gasteiger partial charge in [0.15, 0.2) is 6.29 Å². The van der Waals surface area contributed by atoms with Gasteiger partial charge in [-0.15, -0.1) is 0 Å². The molecule has 0 radical (unpaired) electrons. The highest BCUT2D eigenvalue weighted by Crippen LogP contribution is 2.11. The first kappa shape index (κ1) is 29.3. The van der Waals surface area contributed by atoms with Gasteiger partial charge in [-0.05, 0) is 56.9 Å². The van der Waals surface area contributed by atoms with Crippen molar-refractivity contribution in [3.63, 3.8) is 0 Å². The summed E-state index contributed by atoms with van der Waals surface area (Å²) < 4.78 is 10.3.